The Balaban J connectivity index is 1.58. The molecule has 8 heteroatoms. The predicted molar refractivity (Wildman–Crippen MR) is 117 cm³/mol. The van der Waals surface area contributed by atoms with Gasteiger partial charge in [0.25, 0.3) is 11.6 Å². The molecular formula is C22H19N5O3. The van der Waals surface area contributed by atoms with Crippen molar-refractivity contribution in [1.82, 2.24) is 9.97 Å². The molecule has 0 spiro atoms. The van der Waals surface area contributed by atoms with Gasteiger partial charge in [-0.2, -0.15) is 0 Å². The highest BCUT2D eigenvalue weighted by molar-refractivity contribution is 6.08. The second-order valence-corrected chi connectivity index (χ2v) is 6.99. The Morgan fingerprint density at radius 1 is 1.07 bits per heavy atom. The first kappa shape index (κ1) is 19.1. The van der Waals surface area contributed by atoms with Crippen molar-refractivity contribution in [2.75, 3.05) is 24.3 Å². The van der Waals surface area contributed by atoms with Gasteiger partial charge in [0.05, 0.1) is 21.5 Å². The maximum Gasteiger partial charge on any atom is 0.270 e. The molecule has 1 heterocycles. The van der Waals surface area contributed by atoms with E-state index in [4.69, 9.17) is 0 Å². The quantitative estimate of drug-likeness (QED) is 0.380. The number of nitro groups is 1. The molecule has 0 radical (unpaired) electrons. The van der Waals surface area contributed by atoms with Crippen LogP contribution in [0.5, 0.6) is 0 Å². The molecule has 0 saturated carbocycles. The van der Waals surface area contributed by atoms with E-state index in [9.17, 15) is 14.9 Å². The minimum absolute atomic E-state index is 0.133. The average molecular weight is 401 g/mol. The molecule has 150 valence electrons. The zero-order valence-corrected chi connectivity index (χ0v) is 16.4. The Kier molecular flexibility index (Phi) is 4.89. The Morgan fingerprint density at radius 2 is 1.80 bits per heavy atom. The van der Waals surface area contributed by atoms with Gasteiger partial charge in [-0.15, -0.1) is 0 Å². The molecule has 0 aliphatic rings. The molecule has 0 aliphatic heterocycles. The number of hydrogen-bond donors (Lipinski definition) is 2. The van der Waals surface area contributed by atoms with Crippen molar-refractivity contribution in [3.05, 3.63) is 82.4 Å². The number of non-ortho nitro benzene ring substituents is 1. The number of H-pyrrole nitrogens is 1. The monoisotopic (exact) mass is 401 g/mol. The third kappa shape index (κ3) is 3.70. The summed E-state index contributed by atoms with van der Waals surface area (Å²) in [6.07, 6.45) is 0. The number of nitrogens with zero attached hydrogens (tertiary/aromatic N) is 3. The molecule has 1 amide bonds. The number of nitro benzene ring substituents is 1. The van der Waals surface area contributed by atoms with E-state index >= 15 is 0 Å². The first-order chi connectivity index (χ1) is 14.4. The number of imidazole rings is 1. The number of amides is 1. The van der Waals surface area contributed by atoms with E-state index in [1.165, 1.54) is 12.1 Å². The molecule has 0 saturated heterocycles. The fraction of sp³-hybridized carbons (Fsp3) is 0.0909. The van der Waals surface area contributed by atoms with Crippen molar-refractivity contribution in [3.63, 3.8) is 0 Å². The first-order valence-corrected chi connectivity index (χ1v) is 9.24. The van der Waals surface area contributed by atoms with Crippen LogP contribution in [-0.2, 0) is 0 Å². The molecule has 8 nitrogen and oxygen atoms in total. The number of rotatable bonds is 5. The molecular weight excluding hydrogens is 382 g/mol. The summed E-state index contributed by atoms with van der Waals surface area (Å²) in [7, 11) is 3.56. The largest absolute Gasteiger partial charge is 0.377 e. The highest BCUT2D eigenvalue weighted by Crippen LogP contribution is 2.26. The lowest BCUT2D eigenvalue weighted by molar-refractivity contribution is -0.384. The fourth-order valence-corrected chi connectivity index (χ4v) is 3.21. The molecule has 0 atom stereocenters. The predicted octanol–water partition coefficient (Wildman–Crippen LogP) is 4.46. The van der Waals surface area contributed by atoms with E-state index in [1.54, 1.807) is 37.2 Å². The Hall–Kier alpha value is -4.20. The van der Waals surface area contributed by atoms with Gasteiger partial charge in [0, 0.05) is 43.2 Å². The first-order valence-electron chi connectivity index (χ1n) is 9.24. The van der Waals surface area contributed by atoms with E-state index < -0.39 is 10.8 Å². The van der Waals surface area contributed by atoms with Crippen molar-refractivity contribution in [1.29, 1.82) is 0 Å². The van der Waals surface area contributed by atoms with Crippen molar-refractivity contribution < 1.29 is 9.72 Å². The molecule has 30 heavy (non-hydrogen) atoms. The normalized spacial score (nSPS) is 10.7. The molecule has 4 rings (SSSR count). The van der Waals surface area contributed by atoms with E-state index in [1.807, 2.05) is 36.4 Å². The lowest BCUT2D eigenvalue weighted by atomic mass is 10.1. The van der Waals surface area contributed by atoms with Gasteiger partial charge in [-0.05, 0) is 42.5 Å². The summed E-state index contributed by atoms with van der Waals surface area (Å²) in [6.45, 7) is 0. The number of fused-ring (bicyclic) bond motifs is 1. The summed E-state index contributed by atoms with van der Waals surface area (Å²) in [5.41, 5.74) is 3.99. The number of aromatic amines is 1. The van der Waals surface area contributed by atoms with Crippen LogP contribution in [0.4, 0.5) is 17.1 Å². The van der Waals surface area contributed by atoms with Crippen LogP contribution in [-0.4, -0.2) is 34.9 Å². The second kappa shape index (κ2) is 7.67. The fourth-order valence-electron chi connectivity index (χ4n) is 3.21. The van der Waals surface area contributed by atoms with Gasteiger partial charge in [-0.25, -0.2) is 4.98 Å². The lowest BCUT2D eigenvalue weighted by Gasteiger charge is -2.17. The molecule has 0 fully saturated rings. The van der Waals surface area contributed by atoms with Gasteiger partial charge in [-0.1, -0.05) is 12.1 Å². The van der Waals surface area contributed by atoms with Crippen LogP contribution in [0.3, 0.4) is 0 Å². The highest BCUT2D eigenvalue weighted by Gasteiger charge is 2.18. The van der Waals surface area contributed by atoms with Gasteiger partial charge in [-0.3, -0.25) is 14.9 Å². The number of hydrogen-bond acceptors (Lipinski definition) is 5. The van der Waals surface area contributed by atoms with E-state index in [0.717, 1.165) is 22.4 Å². The van der Waals surface area contributed by atoms with Crippen LogP contribution < -0.4 is 10.2 Å². The van der Waals surface area contributed by atoms with Gasteiger partial charge in [0.2, 0.25) is 0 Å². The second-order valence-electron chi connectivity index (χ2n) is 6.99. The van der Waals surface area contributed by atoms with Crippen LogP contribution in [0.2, 0.25) is 0 Å². The lowest BCUT2D eigenvalue weighted by Crippen LogP contribution is -2.18. The summed E-state index contributed by atoms with van der Waals surface area (Å²) in [5.74, 6) is 0.321. The van der Waals surface area contributed by atoms with Crippen LogP contribution in [0, 0.1) is 10.1 Å². The standard InChI is InChI=1S/C22H19N5O3/c1-26(2)20-12-11-16(27(29)30)13-17(20)22(28)23-15-9-7-14(8-10-15)21-24-18-5-3-4-6-19(18)25-21/h3-13H,1-2H3,(H,23,28)(H,24,25). The number of para-hydroxylation sites is 2. The van der Waals surface area contributed by atoms with Crippen LogP contribution >= 0.6 is 0 Å². The molecule has 2 N–H and O–H groups in total. The maximum atomic E-state index is 12.8. The number of carbonyl (C=O) groups is 1. The minimum atomic E-state index is -0.516. The number of carbonyl (C=O) groups excluding carboxylic acids is 1. The van der Waals surface area contributed by atoms with Crippen molar-refractivity contribution in [3.8, 4) is 11.4 Å². The Labute approximate surface area is 172 Å². The zero-order valence-electron chi connectivity index (χ0n) is 16.4. The molecule has 1 aromatic heterocycles. The van der Waals surface area contributed by atoms with Crippen molar-refractivity contribution >= 4 is 34.0 Å². The van der Waals surface area contributed by atoms with Gasteiger partial charge in [0.15, 0.2) is 0 Å². The molecule has 0 aliphatic carbocycles. The van der Waals surface area contributed by atoms with Gasteiger partial charge in [0.1, 0.15) is 5.82 Å². The SMILES string of the molecule is CN(C)c1ccc([N+](=O)[O-])cc1C(=O)Nc1ccc(-c2nc3ccccc3[nH]2)cc1. The van der Waals surface area contributed by atoms with Gasteiger partial charge >= 0.3 is 0 Å². The summed E-state index contributed by atoms with van der Waals surface area (Å²) in [6, 6.07) is 19.3. The number of anilines is 2. The summed E-state index contributed by atoms with van der Waals surface area (Å²) >= 11 is 0. The minimum Gasteiger partial charge on any atom is -0.377 e. The molecule has 4 aromatic rings. The van der Waals surface area contributed by atoms with Gasteiger partial charge < -0.3 is 15.2 Å². The Morgan fingerprint density at radius 3 is 2.47 bits per heavy atom. The number of aromatic nitrogens is 2. The maximum absolute atomic E-state index is 12.8. The van der Waals surface area contributed by atoms with E-state index in [2.05, 4.69) is 15.3 Å². The third-order valence-corrected chi connectivity index (χ3v) is 4.72. The van der Waals surface area contributed by atoms with E-state index in [-0.39, 0.29) is 11.3 Å². The van der Waals surface area contributed by atoms with Crippen molar-refractivity contribution in [2.24, 2.45) is 0 Å². The summed E-state index contributed by atoms with van der Waals surface area (Å²) in [4.78, 5) is 33.0. The Bertz CT molecular complexity index is 1210. The summed E-state index contributed by atoms with van der Waals surface area (Å²) in [5, 5.41) is 13.9. The topological polar surface area (TPSA) is 104 Å². The van der Waals surface area contributed by atoms with E-state index in [0.29, 0.717) is 11.4 Å². The van der Waals surface area contributed by atoms with Crippen LogP contribution in [0.1, 0.15) is 10.4 Å². The molecule has 3 aromatic carbocycles. The molecule has 0 unspecified atom stereocenters. The molecule has 0 bridgehead atoms. The number of nitrogens with one attached hydrogen (secondary N) is 2. The van der Waals surface area contributed by atoms with Crippen molar-refractivity contribution in [2.45, 2.75) is 0 Å². The average Bonchev–Trinajstić information content (AvgIpc) is 3.18. The number of benzene rings is 3. The highest BCUT2D eigenvalue weighted by atomic mass is 16.6. The summed E-state index contributed by atoms with van der Waals surface area (Å²) < 4.78 is 0. The smallest absolute Gasteiger partial charge is 0.270 e. The van der Waals surface area contributed by atoms with Crippen LogP contribution in [0.15, 0.2) is 66.7 Å². The third-order valence-electron chi connectivity index (χ3n) is 4.72. The van der Waals surface area contributed by atoms with Crippen LogP contribution in [0.25, 0.3) is 22.4 Å². The zero-order chi connectivity index (χ0) is 21.3.